The minimum Gasteiger partial charge on any atom is -0.381 e. The Balaban J connectivity index is 1.68. The van der Waals surface area contributed by atoms with Crippen LogP contribution < -0.4 is 10.6 Å². The van der Waals surface area contributed by atoms with E-state index < -0.39 is 0 Å². The number of rotatable bonds is 5. The minimum absolute atomic E-state index is 0.227. The summed E-state index contributed by atoms with van der Waals surface area (Å²) in [7, 11) is 0. The standard InChI is InChI=1S/C20H20N4O/c1-14-8-15(2)10-18(9-14)24-20(25)19-11-17(5-7-22-19)23-13-16-4-3-6-21-12-16/h3-12H,13H2,1-2H3,(H,22,23)(H,24,25). The van der Waals surface area contributed by atoms with Crippen molar-refractivity contribution in [2.75, 3.05) is 10.6 Å². The molecule has 0 spiro atoms. The van der Waals surface area contributed by atoms with Crippen molar-refractivity contribution in [1.82, 2.24) is 9.97 Å². The average molecular weight is 332 g/mol. The molecule has 0 fully saturated rings. The highest BCUT2D eigenvalue weighted by molar-refractivity contribution is 6.03. The summed E-state index contributed by atoms with van der Waals surface area (Å²) < 4.78 is 0. The van der Waals surface area contributed by atoms with Gasteiger partial charge in [-0.15, -0.1) is 0 Å². The van der Waals surface area contributed by atoms with Crippen molar-refractivity contribution < 1.29 is 4.79 Å². The molecule has 5 heteroatoms. The molecule has 3 aromatic rings. The summed E-state index contributed by atoms with van der Waals surface area (Å²) in [5.74, 6) is -0.227. The molecule has 1 aromatic carbocycles. The van der Waals surface area contributed by atoms with Crippen LogP contribution in [0.25, 0.3) is 0 Å². The summed E-state index contributed by atoms with van der Waals surface area (Å²) in [6.45, 7) is 4.64. The summed E-state index contributed by atoms with van der Waals surface area (Å²) in [6.07, 6.45) is 5.18. The number of anilines is 2. The molecule has 0 aliphatic carbocycles. The van der Waals surface area contributed by atoms with Gasteiger partial charge in [0.25, 0.3) is 5.91 Å². The van der Waals surface area contributed by atoms with Crippen LogP contribution in [-0.2, 0) is 6.54 Å². The first-order valence-corrected chi connectivity index (χ1v) is 8.08. The van der Waals surface area contributed by atoms with Gasteiger partial charge < -0.3 is 10.6 Å². The van der Waals surface area contributed by atoms with Crippen LogP contribution in [0.1, 0.15) is 27.2 Å². The molecular formula is C20H20N4O. The summed E-state index contributed by atoms with van der Waals surface area (Å²) in [4.78, 5) is 20.7. The molecule has 2 aromatic heterocycles. The Kier molecular flexibility index (Phi) is 5.04. The number of nitrogens with one attached hydrogen (secondary N) is 2. The van der Waals surface area contributed by atoms with E-state index in [2.05, 4.69) is 26.7 Å². The molecule has 2 heterocycles. The summed E-state index contributed by atoms with van der Waals surface area (Å²) >= 11 is 0. The van der Waals surface area contributed by atoms with Crippen LogP contribution >= 0.6 is 0 Å². The molecule has 25 heavy (non-hydrogen) atoms. The zero-order valence-electron chi connectivity index (χ0n) is 14.3. The van der Waals surface area contributed by atoms with Gasteiger partial charge in [0.2, 0.25) is 0 Å². The molecule has 0 saturated heterocycles. The molecule has 126 valence electrons. The summed E-state index contributed by atoms with van der Waals surface area (Å²) in [5.41, 5.74) is 5.27. The number of carbonyl (C=O) groups excluding carboxylic acids is 1. The second-order valence-corrected chi connectivity index (χ2v) is 5.98. The lowest BCUT2D eigenvalue weighted by Crippen LogP contribution is -2.14. The van der Waals surface area contributed by atoms with E-state index in [9.17, 15) is 4.79 Å². The van der Waals surface area contributed by atoms with Crippen molar-refractivity contribution in [2.24, 2.45) is 0 Å². The number of amides is 1. The maximum atomic E-state index is 12.5. The Morgan fingerprint density at radius 3 is 2.52 bits per heavy atom. The Morgan fingerprint density at radius 1 is 1.00 bits per heavy atom. The van der Waals surface area contributed by atoms with Crippen molar-refractivity contribution in [3.05, 3.63) is 83.4 Å². The maximum Gasteiger partial charge on any atom is 0.274 e. The number of carbonyl (C=O) groups is 1. The van der Waals surface area contributed by atoms with Crippen LogP contribution in [0.3, 0.4) is 0 Å². The number of pyridine rings is 2. The predicted molar refractivity (Wildman–Crippen MR) is 99.7 cm³/mol. The lowest BCUT2D eigenvalue weighted by molar-refractivity contribution is 0.102. The lowest BCUT2D eigenvalue weighted by atomic mass is 10.1. The van der Waals surface area contributed by atoms with E-state index in [1.165, 1.54) is 0 Å². The van der Waals surface area contributed by atoms with Gasteiger partial charge in [-0.1, -0.05) is 12.1 Å². The van der Waals surface area contributed by atoms with Crippen molar-refractivity contribution >= 4 is 17.3 Å². The van der Waals surface area contributed by atoms with Gasteiger partial charge in [0.1, 0.15) is 5.69 Å². The Hall–Kier alpha value is -3.21. The lowest BCUT2D eigenvalue weighted by Gasteiger charge is -2.09. The molecule has 0 radical (unpaired) electrons. The third-order valence-corrected chi connectivity index (χ3v) is 3.69. The monoisotopic (exact) mass is 332 g/mol. The Labute approximate surface area is 147 Å². The molecule has 0 aliphatic heterocycles. The third kappa shape index (κ3) is 4.64. The fraction of sp³-hybridized carbons (Fsp3) is 0.150. The third-order valence-electron chi connectivity index (χ3n) is 3.69. The second-order valence-electron chi connectivity index (χ2n) is 5.98. The van der Waals surface area contributed by atoms with E-state index >= 15 is 0 Å². The molecule has 0 unspecified atom stereocenters. The zero-order chi connectivity index (χ0) is 17.6. The molecule has 5 nitrogen and oxygen atoms in total. The second kappa shape index (κ2) is 7.57. The molecule has 3 rings (SSSR count). The number of aryl methyl sites for hydroxylation is 2. The van der Waals surface area contributed by atoms with Crippen LogP contribution in [0.5, 0.6) is 0 Å². The van der Waals surface area contributed by atoms with Crippen LogP contribution in [0.2, 0.25) is 0 Å². The van der Waals surface area contributed by atoms with Gasteiger partial charge in [-0.3, -0.25) is 14.8 Å². The normalized spacial score (nSPS) is 10.3. The maximum absolute atomic E-state index is 12.5. The first-order valence-electron chi connectivity index (χ1n) is 8.08. The minimum atomic E-state index is -0.227. The van der Waals surface area contributed by atoms with Crippen molar-refractivity contribution in [3.63, 3.8) is 0 Å². The smallest absolute Gasteiger partial charge is 0.274 e. The van der Waals surface area contributed by atoms with Gasteiger partial charge in [-0.25, -0.2) is 0 Å². The number of hydrogen-bond acceptors (Lipinski definition) is 4. The molecule has 0 bridgehead atoms. The van der Waals surface area contributed by atoms with Gasteiger partial charge >= 0.3 is 0 Å². The Morgan fingerprint density at radius 2 is 1.80 bits per heavy atom. The van der Waals surface area contributed by atoms with Gasteiger partial charge in [0, 0.05) is 36.5 Å². The molecule has 0 atom stereocenters. The van der Waals surface area contributed by atoms with E-state index in [0.29, 0.717) is 12.2 Å². The number of benzene rings is 1. The van der Waals surface area contributed by atoms with E-state index in [1.54, 1.807) is 18.5 Å². The van der Waals surface area contributed by atoms with Crippen LogP contribution in [0.4, 0.5) is 11.4 Å². The molecule has 2 N–H and O–H groups in total. The van der Waals surface area contributed by atoms with Crippen LogP contribution in [0, 0.1) is 13.8 Å². The first-order chi connectivity index (χ1) is 12.1. The molecule has 1 amide bonds. The first kappa shape index (κ1) is 16.6. The predicted octanol–water partition coefficient (Wildman–Crippen LogP) is 3.96. The van der Waals surface area contributed by atoms with E-state index in [4.69, 9.17) is 0 Å². The fourth-order valence-corrected chi connectivity index (χ4v) is 2.61. The van der Waals surface area contributed by atoms with Gasteiger partial charge in [0.15, 0.2) is 0 Å². The zero-order valence-corrected chi connectivity index (χ0v) is 14.3. The van der Waals surface area contributed by atoms with E-state index in [0.717, 1.165) is 28.1 Å². The van der Waals surface area contributed by atoms with Gasteiger partial charge in [0.05, 0.1) is 0 Å². The van der Waals surface area contributed by atoms with Crippen LogP contribution in [-0.4, -0.2) is 15.9 Å². The molecule has 0 saturated carbocycles. The van der Waals surface area contributed by atoms with Crippen molar-refractivity contribution in [1.29, 1.82) is 0 Å². The van der Waals surface area contributed by atoms with Crippen molar-refractivity contribution in [2.45, 2.75) is 20.4 Å². The van der Waals surface area contributed by atoms with E-state index in [1.807, 2.05) is 50.4 Å². The quantitative estimate of drug-likeness (QED) is 0.742. The Bertz CT molecular complexity index is 858. The van der Waals surface area contributed by atoms with Gasteiger partial charge in [-0.05, 0) is 60.9 Å². The van der Waals surface area contributed by atoms with Crippen molar-refractivity contribution in [3.8, 4) is 0 Å². The highest BCUT2D eigenvalue weighted by Gasteiger charge is 2.09. The number of hydrogen-bond donors (Lipinski definition) is 2. The average Bonchev–Trinajstić information content (AvgIpc) is 2.60. The topological polar surface area (TPSA) is 66.9 Å². The van der Waals surface area contributed by atoms with Gasteiger partial charge in [-0.2, -0.15) is 0 Å². The highest BCUT2D eigenvalue weighted by atomic mass is 16.1. The number of aromatic nitrogens is 2. The van der Waals surface area contributed by atoms with Crippen LogP contribution in [0.15, 0.2) is 61.1 Å². The largest absolute Gasteiger partial charge is 0.381 e. The van der Waals surface area contributed by atoms with E-state index in [-0.39, 0.29) is 5.91 Å². The molecule has 0 aliphatic rings. The fourth-order valence-electron chi connectivity index (χ4n) is 2.61. The SMILES string of the molecule is Cc1cc(C)cc(NC(=O)c2cc(NCc3cccnc3)ccn2)c1. The summed E-state index contributed by atoms with van der Waals surface area (Å²) in [5, 5.41) is 6.18. The molecular weight excluding hydrogens is 312 g/mol. The summed E-state index contributed by atoms with van der Waals surface area (Å²) in [6, 6.07) is 13.4. The number of nitrogens with zero attached hydrogens (tertiary/aromatic N) is 2. The highest BCUT2D eigenvalue weighted by Crippen LogP contribution is 2.16.